The number of methoxy groups -OCH3 is 1. The Labute approximate surface area is 215 Å². The zero-order chi connectivity index (χ0) is 26.6. The Kier molecular flexibility index (Phi) is 7.35. The lowest BCUT2D eigenvalue weighted by molar-refractivity contribution is -0.384. The monoisotopic (exact) mass is 515 g/mol. The molecule has 4 aromatic rings. The van der Waals surface area contributed by atoms with Crippen molar-refractivity contribution in [2.24, 2.45) is 4.99 Å². The Hall–Kier alpha value is -4.50. The quantitative estimate of drug-likeness (QED) is 0.126. The molecule has 0 unspecified atom stereocenters. The van der Waals surface area contributed by atoms with Crippen molar-refractivity contribution in [3.63, 3.8) is 0 Å². The molecule has 4 aromatic carbocycles. The number of ether oxygens (including phenoxy) is 1. The van der Waals surface area contributed by atoms with Gasteiger partial charge in [-0.3, -0.25) is 10.1 Å². The van der Waals surface area contributed by atoms with Crippen LogP contribution in [0, 0.1) is 24.0 Å². The van der Waals surface area contributed by atoms with E-state index in [2.05, 4.69) is 0 Å². The Bertz CT molecular complexity index is 1530. The van der Waals surface area contributed by atoms with E-state index in [9.17, 15) is 18.5 Å². The number of anilines is 1. The number of nitro groups is 1. The number of benzene rings is 4. The van der Waals surface area contributed by atoms with Gasteiger partial charge in [0.1, 0.15) is 5.75 Å². The Morgan fingerprint density at radius 2 is 1.35 bits per heavy atom. The van der Waals surface area contributed by atoms with Crippen LogP contribution in [0.15, 0.2) is 107 Å². The van der Waals surface area contributed by atoms with Gasteiger partial charge in [-0.25, -0.2) is 17.7 Å². The van der Waals surface area contributed by atoms with Crippen LogP contribution in [0.3, 0.4) is 0 Å². The zero-order valence-electron chi connectivity index (χ0n) is 20.5. The van der Waals surface area contributed by atoms with Gasteiger partial charge in [-0.15, -0.1) is 0 Å². The summed E-state index contributed by atoms with van der Waals surface area (Å²) in [6.45, 7) is 3.85. The number of hydrogen-bond donors (Lipinski definition) is 0. The largest absolute Gasteiger partial charge is 0.497 e. The van der Waals surface area contributed by atoms with Gasteiger partial charge in [-0.05, 0) is 62.4 Å². The van der Waals surface area contributed by atoms with Gasteiger partial charge >= 0.3 is 0 Å². The number of amidine groups is 1. The Balaban J connectivity index is 1.96. The molecule has 0 bridgehead atoms. The molecule has 0 radical (unpaired) electrons. The molecule has 4 rings (SSSR count). The standard InChI is InChI=1S/C28H25N3O5S/c1-20-4-8-22(9-5-20)28(29-23-10-16-26(36-3)17-11-23)30(24-12-6-21(2)7-13-24)37(34,35)27-18-14-25(15-19-27)31(32)33/h4-19H,1-3H3. The van der Waals surface area contributed by atoms with E-state index < -0.39 is 14.9 Å². The van der Waals surface area contributed by atoms with Crippen molar-refractivity contribution in [2.45, 2.75) is 18.7 Å². The maximum atomic E-state index is 14.1. The van der Waals surface area contributed by atoms with Gasteiger partial charge in [-0.1, -0.05) is 47.5 Å². The van der Waals surface area contributed by atoms with Crippen molar-refractivity contribution in [1.82, 2.24) is 0 Å². The van der Waals surface area contributed by atoms with Crippen molar-refractivity contribution >= 4 is 32.9 Å². The van der Waals surface area contributed by atoms with Crippen LogP contribution >= 0.6 is 0 Å². The molecule has 37 heavy (non-hydrogen) atoms. The molecule has 0 aliphatic carbocycles. The van der Waals surface area contributed by atoms with Gasteiger partial charge < -0.3 is 4.74 Å². The Morgan fingerprint density at radius 3 is 1.86 bits per heavy atom. The zero-order valence-corrected chi connectivity index (χ0v) is 21.3. The van der Waals surface area contributed by atoms with E-state index in [4.69, 9.17) is 9.73 Å². The third-order valence-electron chi connectivity index (χ3n) is 5.66. The smallest absolute Gasteiger partial charge is 0.269 e. The second-order valence-electron chi connectivity index (χ2n) is 8.36. The van der Waals surface area contributed by atoms with E-state index >= 15 is 0 Å². The van der Waals surface area contributed by atoms with Crippen molar-refractivity contribution in [3.8, 4) is 5.75 Å². The van der Waals surface area contributed by atoms with Crippen molar-refractivity contribution in [3.05, 3.63) is 124 Å². The summed E-state index contributed by atoms with van der Waals surface area (Å²) in [7, 11) is -2.68. The number of non-ortho nitro benzene ring substituents is 1. The highest BCUT2D eigenvalue weighted by Crippen LogP contribution is 2.30. The molecule has 0 aliphatic heterocycles. The van der Waals surface area contributed by atoms with Crippen LogP contribution in [-0.4, -0.2) is 26.3 Å². The average Bonchev–Trinajstić information content (AvgIpc) is 2.90. The summed E-state index contributed by atoms with van der Waals surface area (Å²) in [6.07, 6.45) is 0. The van der Waals surface area contributed by atoms with Crippen molar-refractivity contribution < 1.29 is 18.1 Å². The molecule has 8 nitrogen and oxygen atoms in total. The molecule has 0 saturated carbocycles. The molecule has 188 valence electrons. The van der Waals surface area contributed by atoms with Crippen LogP contribution in [0.25, 0.3) is 0 Å². The number of rotatable bonds is 7. The first-order valence-electron chi connectivity index (χ1n) is 11.4. The second kappa shape index (κ2) is 10.6. The number of hydrogen-bond acceptors (Lipinski definition) is 6. The molecule has 0 aliphatic rings. The first-order chi connectivity index (χ1) is 17.7. The SMILES string of the molecule is COc1ccc(N=C(c2ccc(C)cc2)N(c2ccc(C)cc2)S(=O)(=O)c2ccc([N+](=O)[O-])cc2)cc1. The van der Waals surface area contributed by atoms with Gasteiger partial charge in [0, 0.05) is 17.7 Å². The van der Waals surface area contributed by atoms with Crippen LogP contribution in [0.2, 0.25) is 0 Å². The molecular formula is C28H25N3O5S. The minimum Gasteiger partial charge on any atom is -0.497 e. The van der Waals surface area contributed by atoms with E-state index in [0.717, 1.165) is 11.1 Å². The fraction of sp³-hybridized carbons (Fsp3) is 0.107. The van der Waals surface area contributed by atoms with Crippen LogP contribution in [-0.2, 0) is 10.0 Å². The molecule has 0 fully saturated rings. The maximum absolute atomic E-state index is 14.1. The van der Waals surface area contributed by atoms with Gasteiger partial charge in [-0.2, -0.15) is 0 Å². The summed E-state index contributed by atoms with van der Waals surface area (Å²) in [5.74, 6) is 0.817. The van der Waals surface area contributed by atoms with E-state index in [0.29, 0.717) is 22.7 Å². The van der Waals surface area contributed by atoms with Gasteiger partial charge in [0.2, 0.25) is 0 Å². The predicted molar refractivity (Wildman–Crippen MR) is 144 cm³/mol. The molecule has 9 heteroatoms. The minimum absolute atomic E-state index is 0.104. The lowest BCUT2D eigenvalue weighted by Crippen LogP contribution is -2.37. The van der Waals surface area contributed by atoms with Crippen LogP contribution < -0.4 is 9.04 Å². The lowest BCUT2D eigenvalue weighted by Gasteiger charge is -2.26. The van der Waals surface area contributed by atoms with Crippen LogP contribution in [0.5, 0.6) is 5.75 Å². The minimum atomic E-state index is -4.24. The second-order valence-corrected chi connectivity index (χ2v) is 10.1. The molecular weight excluding hydrogens is 490 g/mol. The summed E-state index contributed by atoms with van der Waals surface area (Å²) >= 11 is 0. The molecule has 0 spiro atoms. The molecule has 0 atom stereocenters. The van der Waals surface area contributed by atoms with E-state index in [1.165, 1.54) is 28.6 Å². The summed E-state index contributed by atoms with van der Waals surface area (Å²) in [5.41, 5.74) is 3.23. The normalized spacial score (nSPS) is 11.7. The summed E-state index contributed by atoms with van der Waals surface area (Å²) in [5, 5.41) is 11.1. The summed E-state index contributed by atoms with van der Waals surface area (Å²) in [6, 6.07) is 26.2. The predicted octanol–water partition coefficient (Wildman–Crippen LogP) is 6.19. The molecule has 0 amide bonds. The fourth-order valence-electron chi connectivity index (χ4n) is 3.61. The highest BCUT2D eigenvalue weighted by Gasteiger charge is 2.31. The highest BCUT2D eigenvalue weighted by molar-refractivity contribution is 7.93. The van der Waals surface area contributed by atoms with Gasteiger partial charge in [0.05, 0.1) is 28.3 Å². The fourth-order valence-corrected chi connectivity index (χ4v) is 5.07. The number of nitrogens with zero attached hydrogens (tertiary/aromatic N) is 3. The number of aryl methyl sites for hydroxylation is 2. The van der Waals surface area contributed by atoms with E-state index in [-0.39, 0.29) is 16.4 Å². The van der Waals surface area contributed by atoms with Gasteiger partial charge in [0.15, 0.2) is 5.84 Å². The van der Waals surface area contributed by atoms with Crippen molar-refractivity contribution in [2.75, 3.05) is 11.4 Å². The summed E-state index contributed by atoms with van der Waals surface area (Å²) in [4.78, 5) is 15.2. The third kappa shape index (κ3) is 5.68. The molecule has 0 aromatic heterocycles. The van der Waals surface area contributed by atoms with E-state index in [1.54, 1.807) is 43.5 Å². The van der Waals surface area contributed by atoms with E-state index in [1.807, 2.05) is 50.2 Å². The van der Waals surface area contributed by atoms with Crippen LogP contribution in [0.4, 0.5) is 17.1 Å². The Morgan fingerprint density at radius 1 is 0.811 bits per heavy atom. The first kappa shape index (κ1) is 25.6. The lowest BCUT2D eigenvalue weighted by atomic mass is 10.1. The average molecular weight is 516 g/mol. The van der Waals surface area contributed by atoms with Crippen molar-refractivity contribution in [1.29, 1.82) is 0 Å². The third-order valence-corrected chi connectivity index (χ3v) is 7.40. The number of sulfonamides is 1. The topological polar surface area (TPSA) is 102 Å². The molecule has 0 saturated heterocycles. The highest BCUT2D eigenvalue weighted by atomic mass is 32.2. The maximum Gasteiger partial charge on any atom is 0.269 e. The van der Waals surface area contributed by atoms with Crippen LogP contribution in [0.1, 0.15) is 16.7 Å². The van der Waals surface area contributed by atoms with Gasteiger partial charge in [0.25, 0.3) is 15.7 Å². The molecule has 0 heterocycles. The number of aliphatic imine (C=N–C) groups is 1. The summed E-state index contributed by atoms with van der Waals surface area (Å²) < 4.78 is 34.7. The molecule has 0 N–H and O–H groups in total. The number of nitro benzene ring substituents is 1. The first-order valence-corrected chi connectivity index (χ1v) is 12.8.